The second-order valence-corrected chi connectivity index (χ2v) is 5.39. The lowest BCUT2D eigenvalue weighted by Crippen LogP contribution is -2.51. The largest absolute Gasteiger partial charge is 0.445 e. The molecule has 0 radical (unpaired) electrons. The Bertz CT molecular complexity index is 460. The first kappa shape index (κ1) is 15.6. The molecule has 0 bridgehead atoms. The molecule has 1 heterocycles. The Labute approximate surface area is 126 Å². The maximum Gasteiger partial charge on any atom is 0.410 e. The van der Waals surface area contributed by atoms with E-state index in [1.807, 2.05) is 36.4 Å². The molecule has 1 aromatic carbocycles. The third kappa shape index (κ3) is 4.08. The maximum atomic E-state index is 12.4. The molecule has 1 N–H and O–H groups in total. The molecule has 1 amide bonds. The Balaban J connectivity index is 2.00. The van der Waals surface area contributed by atoms with Gasteiger partial charge in [-0.05, 0) is 31.2 Å². The maximum absolute atomic E-state index is 12.4. The highest BCUT2D eigenvalue weighted by Gasteiger charge is 2.34. The topological polar surface area (TPSA) is 49.8 Å². The van der Waals surface area contributed by atoms with Gasteiger partial charge >= 0.3 is 6.09 Å². The molecule has 0 aromatic heterocycles. The average molecular weight is 289 g/mol. The summed E-state index contributed by atoms with van der Waals surface area (Å²) in [5.41, 5.74) is 0.962. The van der Waals surface area contributed by atoms with Gasteiger partial charge in [0.05, 0.1) is 12.6 Å². The zero-order chi connectivity index (χ0) is 15.1. The number of likely N-dealkylation sites (tertiary alicyclic amines) is 1. The smallest absolute Gasteiger partial charge is 0.410 e. The Kier molecular flexibility index (Phi) is 5.81. The quantitative estimate of drug-likeness (QED) is 0.847. The van der Waals surface area contributed by atoms with Crippen molar-refractivity contribution in [3.05, 3.63) is 48.6 Å². The van der Waals surface area contributed by atoms with Gasteiger partial charge in [-0.1, -0.05) is 36.4 Å². The number of benzene rings is 1. The fourth-order valence-electron chi connectivity index (χ4n) is 2.86. The summed E-state index contributed by atoms with van der Waals surface area (Å²) in [6.07, 6.45) is 4.99. The number of carbonyl (C=O) groups excluding carboxylic acids is 1. The van der Waals surface area contributed by atoms with Crippen molar-refractivity contribution in [3.63, 3.8) is 0 Å². The van der Waals surface area contributed by atoms with Gasteiger partial charge in [-0.2, -0.15) is 0 Å². The van der Waals surface area contributed by atoms with Crippen LogP contribution in [0.1, 0.15) is 31.2 Å². The summed E-state index contributed by atoms with van der Waals surface area (Å²) in [7, 11) is 0. The van der Waals surface area contributed by atoms with E-state index in [0.717, 1.165) is 31.2 Å². The van der Waals surface area contributed by atoms with Crippen LogP contribution in [-0.2, 0) is 11.3 Å². The van der Waals surface area contributed by atoms with Crippen LogP contribution in [0.3, 0.4) is 0 Å². The van der Waals surface area contributed by atoms with Crippen molar-refractivity contribution >= 4 is 6.09 Å². The number of nitrogens with zero attached hydrogens (tertiary/aromatic N) is 1. The Hall–Kier alpha value is -1.81. The van der Waals surface area contributed by atoms with Crippen LogP contribution in [0.2, 0.25) is 0 Å². The molecule has 0 saturated carbocycles. The minimum atomic E-state index is -0.343. The molecule has 0 aliphatic carbocycles. The number of rotatable bonds is 5. The lowest BCUT2D eigenvalue weighted by molar-refractivity contribution is 0.0238. The summed E-state index contributed by atoms with van der Waals surface area (Å²) >= 11 is 0. The minimum Gasteiger partial charge on any atom is -0.445 e. The first-order chi connectivity index (χ1) is 10.3. The highest BCUT2D eigenvalue weighted by molar-refractivity contribution is 5.68. The van der Waals surface area contributed by atoms with Gasteiger partial charge in [0, 0.05) is 6.04 Å². The van der Waals surface area contributed by atoms with E-state index in [2.05, 4.69) is 6.58 Å². The van der Waals surface area contributed by atoms with Crippen molar-refractivity contribution in [1.29, 1.82) is 0 Å². The molecule has 21 heavy (non-hydrogen) atoms. The first-order valence-corrected chi connectivity index (χ1v) is 7.47. The predicted molar refractivity (Wildman–Crippen MR) is 81.8 cm³/mol. The summed E-state index contributed by atoms with van der Waals surface area (Å²) in [5, 5.41) is 9.51. The van der Waals surface area contributed by atoms with Gasteiger partial charge in [-0.3, -0.25) is 4.90 Å². The van der Waals surface area contributed by atoms with E-state index in [-0.39, 0.29) is 31.4 Å². The normalized spacial score (nSPS) is 21.9. The average Bonchev–Trinajstić information content (AvgIpc) is 2.53. The summed E-state index contributed by atoms with van der Waals surface area (Å²) < 4.78 is 5.42. The summed E-state index contributed by atoms with van der Waals surface area (Å²) in [6, 6.07) is 9.55. The molecule has 1 aliphatic rings. The van der Waals surface area contributed by atoms with Crippen molar-refractivity contribution in [2.45, 2.75) is 44.4 Å². The number of hydrogen-bond donors (Lipinski definition) is 1. The van der Waals surface area contributed by atoms with Crippen LogP contribution in [0.25, 0.3) is 0 Å². The van der Waals surface area contributed by atoms with Crippen LogP contribution in [0, 0.1) is 0 Å². The van der Waals surface area contributed by atoms with E-state index in [1.54, 1.807) is 4.90 Å². The standard InChI is InChI=1S/C17H23NO3/c1-2-7-15-10-6-11-16(12-19)18(15)17(20)21-13-14-8-4-3-5-9-14/h2-5,8-9,15-16,19H,1,6-7,10-13H2/t15-,16+/m1/s1. The molecule has 2 atom stereocenters. The predicted octanol–water partition coefficient (Wildman–Crippen LogP) is 3.11. The molecular formula is C17H23NO3. The molecule has 1 saturated heterocycles. The van der Waals surface area contributed by atoms with Crippen LogP contribution in [-0.4, -0.2) is 34.8 Å². The first-order valence-electron chi connectivity index (χ1n) is 7.47. The second kappa shape index (κ2) is 7.84. The van der Waals surface area contributed by atoms with Crippen molar-refractivity contribution < 1.29 is 14.6 Å². The van der Waals surface area contributed by atoms with Crippen molar-refractivity contribution in [3.8, 4) is 0 Å². The third-order valence-electron chi connectivity index (χ3n) is 3.93. The SMILES string of the molecule is C=CC[C@@H]1CCC[C@@H](CO)N1C(=O)OCc1ccccc1. The Morgan fingerprint density at radius 3 is 2.71 bits per heavy atom. The monoisotopic (exact) mass is 289 g/mol. The molecular weight excluding hydrogens is 266 g/mol. The molecule has 1 aromatic rings. The van der Waals surface area contributed by atoms with Crippen LogP contribution in [0.5, 0.6) is 0 Å². The molecule has 4 heteroatoms. The molecule has 4 nitrogen and oxygen atoms in total. The molecule has 2 rings (SSSR count). The molecule has 1 aliphatic heterocycles. The molecule has 114 valence electrons. The molecule has 0 unspecified atom stereocenters. The molecule has 0 spiro atoms. The summed E-state index contributed by atoms with van der Waals surface area (Å²) in [5.74, 6) is 0. The van der Waals surface area contributed by atoms with Crippen LogP contribution in [0.4, 0.5) is 4.79 Å². The van der Waals surface area contributed by atoms with E-state index in [9.17, 15) is 9.90 Å². The highest BCUT2D eigenvalue weighted by Crippen LogP contribution is 2.26. The lowest BCUT2D eigenvalue weighted by atomic mass is 9.94. The summed E-state index contributed by atoms with van der Waals surface area (Å²) in [4.78, 5) is 14.1. The zero-order valence-corrected chi connectivity index (χ0v) is 12.3. The number of amides is 1. The minimum absolute atomic E-state index is 0.0198. The lowest BCUT2D eigenvalue weighted by Gasteiger charge is -2.40. The molecule has 1 fully saturated rings. The van der Waals surface area contributed by atoms with E-state index in [4.69, 9.17) is 4.74 Å². The number of carbonyl (C=O) groups is 1. The van der Waals surface area contributed by atoms with Crippen LogP contribution < -0.4 is 0 Å². The van der Waals surface area contributed by atoms with Crippen molar-refractivity contribution in [1.82, 2.24) is 4.90 Å². The fraction of sp³-hybridized carbons (Fsp3) is 0.471. The van der Waals surface area contributed by atoms with Gasteiger partial charge in [-0.25, -0.2) is 4.79 Å². The zero-order valence-electron chi connectivity index (χ0n) is 12.3. The van der Waals surface area contributed by atoms with Gasteiger partial charge in [0.25, 0.3) is 0 Å². The van der Waals surface area contributed by atoms with Crippen LogP contribution in [0.15, 0.2) is 43.0 Å². The highest BCUT2D eigenvalue weighted by atomic mass is 16.6. The number of aliphatic hydroxyl groups is 1. The van der Waals surface area contributed by atoms with Gasteiger partial charge in [-0.15, -0.1) is 6.58 Å². The van der Waals surface area contributed by atoms with Gasteiger partial charge in [0.15, 0.2) is 0 Å². The van der Waals surface area contributed by atoms with E-state index in [1.165, 1.54) is 0 Å². The number of aliphatic hydroxyl groups excluding tert-OH is 1. The number of hydrogen-bond acceptors (Lipinski definition) is 3. The van der Waals surface area contributed by atoms with Gasteiger partial charge in [0.1, 0.15) is 6.61 Å². The third-order valence-corrected chi connectivity index (χ3v) is 3.93. The van der Waals surface area contributed by atoms with E-state index < -0.39 is 0 Å². The fourth-order valence-corrected chi connectivity index (χ4v) is 2.86. The van der Waals surface area contributed by atoms with Crippen molar-refractivity contribution in [2.75, 3.05) is 6.61 Å². The van der Waals surface area contributed by atoms with Crippen LogP contribution >= 0.6 is 0 Å². The Morgan fingerprint density at radius 1 is 1.33 bits per heavy atom. The summed E-state index contributed by atoms with van der Waals surface area (Å²) in [6.45, 7) is 3.99. The number of ether oxygens (including phenoxy) is 1. The van der Waals surface area contributed by atoms with Crippen molar-refractivity contribution in [2.24, 2.45) is 0 Å². The van der Waals surface area contributed by atoms with Gasteiger partial charge < -0.3 is 9.84 Å². The number of piperidine rings is 1. The van der Waals surface area contributed by atoms with E-state index >= 15 is 0 Å². The van der Waals surface area contributed by atoms with E-state index in [0.29, 0.717) is 0 Å². The Morgan fingerprint density at radius 2 is 2.05 bits per heavy atom. The second-order valence-electron chi connectivity index (χ2n) is 5.39. The van der Waals surface area contributed by atoms with Gasteiger partial charge in [0.2, 0.25) is 0 Å².